The fourth-order valence-electron chi connectivity index (χ4n) is 2.28. The van der Waals surface area contributed by atoms with Crippen LogP contribution in [0.2, 0.25) is 0 Å². The van der Waals surface area contributed by atoms with E-state index in [1.807, 2.05) is 18.2 Å². The van der Waals surface area contributed by atoms with Gasteiger partial charge in [0.25, 0.3) is 0 Å². The van der Waals surface area contributed by atoms with Gasteiger partial charge in [0.05, 0.1) is 14.2 Å². The number of carboxylic acids is 1. The maximum absolute atomic E-state index is 11.3. The van der Waals surface area contributed by atoms with Crippen molar-refractivity contribution in [3.63, 3.8) is 0 Å². The third-order valence-electron chi connectivity index (χ3n) is 3.72. The van der Waals surface area contributed by atoms with Gasteiger partial charge >= 0.3 is 5.97 Å². The van der Waals surface area contributed by atoms with Gasteiger partial charge in [-0.25, -0.2) is 0 Å². The van der Waals surface area contributed by atoms with E-state index in [2.05, 4.69) is 5.32 Å². The molecule has 0 aromatic heterocycles. The van der Waals surface area contributed by atoms with E-state index < -0.39 is 11.5 Å². The van der Waals surface area contributed by atoms with E-state index >= 15 is 0 Å². The van der Waals surface area contributed by atoms with Crippen LogP contribution in [0.3, 0.4) is 0 Å². The number of rotatable bonds is 6. The molecule has 104 valence electrons. The second kappa shape index (κ2) is 5.48. The zero-order chi connectivity index (χ0) is 13.9. The van der Waals surface area contributed by atoms with Crippen LogP contribution in [-0.4, -0.2) is 30.8 Å². The lowest BCUT2D eigenvalue weighted by Crippen LogP contribution is -2.56. The Kier molecular flexibility index (Phi) is 3.95. The Bertz CT molecular complexity index is 469. The average Bonchev–Trinajstić information content (AvgIpc) is 2.36. The lowest BCUT2D eigenvalue weighted by atomic mass is 9.76. The number of carboxylic acid groups (broad SMARTS) is 1. The monoisotopic (exact) mass is 265 g/mol. The molecule has 1 saturated carbocycles. The minimum atomic E-state index is -0.777. The molecular weight excluding hydrogens is 246 g/mol. The lowest BCUT2D eigenvalue weighted by Gasteiger charge is -2.38. The number of nitrogens with one attached hydrogen (secondary N) is 1. The minimum Gasteiger partial charge on any atom is -0.497 e. The first-order valence-corrected chi connectivity index (χ1v) is 6.30. The van der Waals surface area contributed by atoms with E-state index in [1.165, 1.54) is 0 Å². The van der Waals surface area contributed by atoms with Gasteiger partial charge in [0.2, 0.25) is 0 Å². The zero-order valence-corrected chi connectivity index (χ0v) is 11.2. The van der Waals surface area contributed by atoms with Crippen LogP contribution in [0.5, 0.6) is 11.5 Å². The van der Waals surface area contributed by atoms with Crippen LogP contribution < -0.4 is 14.8 Å². The molecular formula is C14H19NO4. The number of carbonyl (C=O) groups is 1. The van der Waals surface area contributed by atoms with Gasteiger partial charge in [-0.1, -0.05) is 0 Å². The molecule has 1 aromatic rings. The van der Waals surface area contributed by atoms with Crippen LogP contribution in [0.4, 0.5) is 0 Å². The van der Waals surface area contributed by atoms with Crippen molar-refractivity contribution in [1.29, 1.82) is 0 Å². The van der Waals surface area contributed by atoms with Gasteiger partial charge < -0.3 is 14.6 Å². The molecule has 0 amide bonds. The maximum Gasteiger partial charge on any atom is 0.323 e. The molecule has 0 saturated heterocycles. The van der Waals surface area contributed by atoms with E-state index in [1.54, 1.807) is 14.2 Å². The maximum atomic E-state index is 11.3. The molecule has 0 aliphatic heterocycles. The molecule has 1 aromatic carbocycles. The van der Waals surface area contributed by atoms with Gasteiger partial charge in [-0.15, -0.1) is 0 Å². The van der Waals surface area contributed by atoms with Crippen molar-refractivity contribution in [3.8, 4) is 11.5 Å². The normalized spacial score (nSPS) is 16.5. The summed E-state index contributed by atoms with van der Waals surface area (Å²) >= 11 is 0. The van der Waals surface area contributed by atoms with Crippen molar-refractivity contribution in [2.45, 2.75) is 31.3 Å². The first-order valence-electron chi connectivity index (χ1n) is 6.30. The summed E-state index contributed by atoms with van der Waals surface area (Å²) < 4.78 is 10.5. The number of ether oxygens (including phenoxy) is 2. The van der Waals surface area contributed by atoms with Gasteiger partial charge in [-0.2, -0.15) is 0 Å². The van der Waals surface area contributed by atoms with E-state index in [0.717, 1.165) is 23.5 Å². The average molecular weight is 265 g/mol. The molecule has 0 heterocycles. The Morgan fingerprint density at radius 2 is 2.11 bits per heavy atom. The highest BCUT2D eigenvalue weighted by Gasteiger charge is 2.43. The topological polar surface area (TPSA) is 67.8 Å². The molecule has 19 heavy (non-hydrogen) atoms. The standard InChI is InChI=1S/C14H19NO4/c1-18-11-4-5-12(19-2)10(8-11)9-15-14(13(16)17)6-3-7-14/h4-5,8,15H,3,6-7,9H2,1-2H3,(H,16,17). The van der Waals surface area contributed by atoms with Gasteiger partial charge in [-0.05, 0) is 37.5 Å². The summed E-state index contributed by atoms with van der Waals surface area (Å²) in [5.74, 6) is 0.685. The Hall–Kier alpha value is -1.75. The minimum absolute atomic E-state index is 0.451. The predicted molar refractivity (Wildman–Crippen MR) is 70.6 cm³/mol. The summed E-state index contributed by atoms with van der Waals surface area (Å²) in [6.07, 6.45) is 2.30. The first-order chi connectivity index (χ1) is 9.11. The summed E-state index contributed by atoms with van der Waals surface area (Å²) in [6, 6.07) is 5.50. The van der Waals surface area contributed by atoms with Crippen molar-refractivity contribution >= 4 is 5.97 Å². The predicted octanol–water partition coefficient (Wildman–Crippen LogP) is 1.80. The van der Waals surface area contributed by atoms with Crippen LogP contribution in [0.25, 0.3) is 0 Å². The highest BCUT2D eigenvalue weighted by atomic mass is 16.5. The van der Waals surface area contributed by atoms with E-state index in [0.29, 0.717) is 19.4 Å². The Labute approximate surface area is 112 Å². The van der Waals surface area contributed by atoms with Crippen LogP contribution >= 0.6 is 0 Å². The van der Waals surface area contributed by atoms with Crippen LogP contribution in [-0.2, 0) is 11.3 Å². The van der Waals surface area contributed by atoms with Gasteiger partial charge in [0, 0.05) is 12.1 Å². The molecule has 0 bridgehead atoms. The van der Waals surface area contributed by atoms with Gasteiger partial charge in [0.15, 0.2) is 0 Å². The molecule has 0 unspecified atom stereocenters. The van der Waals surface area contributed by atoms with Crippen molar-refractivity contribution in [1.82, 2.24) is 5.32 Å². The summed E-state index contributed by atoms with van der Waals surface area (Å²) in [4.78, 5) is 11.3. The van der Waals surface area contributed by atoms with Crippen LogP contribution in [0, 0.1) is 0 Å². The highest BCUT2D eigenvalue weighted by molar-refractivity contribution is 5.80. The first kappa shape index (κ1) is 13.7. The van der Waals surface area contributed by atoms with Crippen molar-refractivity contribution < 1.29 is 19.4 Å². The summed E-state index contributed by atoms with van der Waals surface area (Å²) in [6.45, 7) is 0.451. The molecule has 1 fully saturated rings. The van der Waals surface area contributed by atoms with Crippen molar-refractivity contribution in [3.05, 3.63) is 23.8 Å². The van der Waals surface area contributed by atoms with E-state index in [-0.39, 0.29) is 0 Å². The third kappa shape index (κ3) is 2.66. The largest absolute Gasteiger partial charge is 0.497 e. The zero-order valence-electron chi connectivity index (χ0n) is 11.2. The Morgan fingerprint density at radius 1 is 1.37 bits per heavy atom. The quantitative estimate of drug-likeness (QED) is 0.821. The van der Waals surface area contributed by atoms with Gasteiger partial charge in [0.1, 0.15) is 17.0 Å². The van der Waals surface area contributed by atoms with E-state index in [9.17, 15) is 9.90 Å². The summed E-state index contributed by atoms with van der Waals surface area (Å²) in [5.41, 5.74) is 0.128. The summed E-state index contributed by atoms with van der Waals surface area (Å²) in [7, 11) is 3.20. The van der Waals surface area contributed by atoms with Crippen LogP contribution in [0.15, 0.2) is 18.2 Å². The van der Waals surface area contributed by atoms with Crippen LogP contribution in [0.1, 0.15) is 24.8 Å². The smallest absolute Gasteiger partial charge is 0.323 e. The molecule has 2 rings (SSSR count). The number of methoxy groups -OCH3 is 2. The molecule has 5 heteroatoms. The SMILES string of the molecule is COc1ccc(OC)c(CNC2(C(=O)O)CCC2)c1. The number of aliphatic carboxylic acids is 1. The Balaban J connectivity index is 2.12. The number of benzene rings is 1. The second-order valence-corrected chi connectivity index (χ2v) is 4.77. The number of hydrogen-bond donors (Lipinski definition) is 2. The third-order valence-corrected chi connectivity index (χ3v) is 3.72. The van der Waals surface area contributed by atoms with E-state index in [4.69, 9.17) is 9.47 Å². The Morgan fingerprint density at radius 3 is 2.58 bits per heavy atom. The lowest BCUT2D eigenvalue weighted by molar-refractivity contribution is -0.148. The van der Waals surface area contributed by atoms with Crippen molar-refractivity contribution in [2.75, 3.05) is 14.2 Å². The molecule has 0 radical (unpaired) electrons. The van der Waals surface area contributed by atoms with Gasteiger partial charge in [-0.3, -0.25) is 10.1 Å². The molecule has 5 nitrogen and oxygen atoms in total. The second-order valence-electron chi connectivity index (χ2n) is 4.77. The fraction of sp³-hybridized carbons (Fsp3) is 0.500. The molecule has 2 N–H and O–H groups in total. The molecule has 0 atom stereocenters. The highest BCUT2D eigenvalue weighted by Crippen LogP contribution is 2.33. The summed E-state index contributed by atoms with van der Waals surface area (Å²) in [5, 5.41) is 12.4. The molecule has 0 spiro atoms. The van der Waals surface area contributed by atoms with Crippen molar-refractivity contribution in [2.24, 2.45) is 0 Å². The fourth-order valence-corrected chi connectivity index (χ4v) is 2.28. The number of hydrogen-bond acceptors (Lipinski definition) is 4. The molecule has 1 aliphatic rings. The molecule has 1 aliphatic carbocycles.